The predicted octanol–water partition coefficient (Wildman–Crippen LogP) is 1.85. The summed E-state index contributed by atoms with van der Waals surface area (Å²) >= 11 is 0. The molecule has 0 aliphatic heterocycles. The first kappa shape index (κ1) is 19.0. The topological polar surface area (TPSA) is 95.7 Å². The highest BCUT2D eigenvalue weighted by Crippen LogP contribution is 2.26. The lowest BCUT2D eigenvalue weighted by atomic mass is 9.88. The Morgan fingerprint density at radius 1 is 1.12 bits per heavy atom. The van der Waals surface area contributed by atoms with E-state index in [-0.39, 0.29) is 5.75 Å². The van der Waals surface area contributed by atoms with Crippen LogP contribution in [0.25, 0.3) is 0 Å². The maximum Gasteiger partial charge on any atom is 0.314 e. The summed E-state index contributed by atoms with van der Waals surface area (Å²) in [6.07, 6.45) is 1.43. The summed E-state index contributed by atoms with van der Waals surface area (Å²) in [6, 6.07) is 15.3. The van der Waals surface area contributed by atoms with Gasteiger partial charge in [-0.1, -0.05) is 42.5 Å². The molecule has 0 aliphatic rings. The lowest BCUT2D eigenvalue weighted by Crippen LogP contribution is -2.36. The van der Waals surface area contributed by atoms with Crippen LogP contribution in [0.1, 0.15) is 17.0 Å². The smallest absolute Gasteiger partial charge is 0.314 e. The molecule has 25 heavy (non-hydrogen) atoms. The quantitative estimate of drug-likeness (QED) is 0.596. The minimum absolute atomic E-state index is 0.126. The van der Waals surface area contributed by atoms with Gasteiger partial charge in [-0.05, 0) is 29.7 Å². The van der Waals surface area contributed by atoms with Crippen LogP contribution in [0.3, 0.4) is 0 Å². The molecule has 0 fully saturated rings. The van der Waals surface area contributed by atoms with Gasteiger partial charge in [0.2, 0.25) is 0 Å². The Morgan fingerprint density at radius 2 is 1.80 bits per heavy atom. The Hall–Kier alpha value is -2.38. The van der Waals surface area contributed by atoms with Gasteiger partial charge in [-0.15, -0.1) is 0 Å². The number of nitrogens with two attached hydrogens (primary N) is 1. The summed E-state index contributed by atoms with van der Waals surface area (Å²) in [5.41, 5.74) is 7.81. The molecule has 2 rings (SSSR count). The molecule has 0 radical (unpaired) electrons. The third-order valence-corrected chi connectivity index (χ3v) is 4.16. The Bertz CT molecular complexity index is 820. The average molecular weight is 363 g/mol. The number of methoxy groups -OCH3 is 1. The standard InChI is InChI=1S/C18H21NO5S/c1-23-18(20)17(16(19)11-13-7-4-3-5-8-13)14-9-6-10-15(12-14)24-25(2,21)22/h3-10,12,16-17H,11,19H2,1-2H3. The maximum absolute atomic E-state index is 12.3. The van der Waals surface area contributed by atoms with Crippen molar-refractivity contribution in [2.24, 2.45) is 5.73 Å². The van der Waals surface area contributed by atoms with Crippen LogP contribution in [0.2, 0.25) is 0 Å². The van der Waals surface area contributed by atoms with Crippen molar-refractivity contribution >= 4 is 16.1 Å². The third-order valence-electron chi connectivity index (χ3n) is 3.66. The summed E-state index contributed by atoms with van der Waals surface area (Å²) in [5, 5.41) is 0. The molecule has 2 aromatic carbocycles. The molecule has 6 nitrogen and oxygen atoms in total. The molecule has 0 bridgehead atoms. The Kier molecular flexibility index (Phi) is 6.17. The first-order chi connectivity index (χ1) is 11.8. The normalized spacial score (nSPS) is 13.7. The van der Waals surface area contributed by atoms with E-state index in [0.717, 1.165) is 11.8 Å². The second kappa shape index (κ2) is 8.13. The van der Waals surface area contributed by atoms with Gasteiger partial charge >= 0.3 is 16.1 Å². The molecule has 7 heteroatoms. The molecular weight excluding hydrogens is 342 g/mol. The van der Waals surface area contributed by atoms with Crippen molar-refractivity contribution in [3.05, 3.63) is 65.7 Å². The van der Waals surface area contributed by atoms with Crippen LogP contribution in [0.5, 0.6) is 5.75 Å². The summed E-state index contributed by atoms with van der Waals surface area (Å²) in [6.45, 7) is 0. The van der Waals surface area contributed by atoms with Gasteiger partial charge in [0.15, 0.2) is 0 Å². The molecule has 2 N–H and O–H groups in total. The highest BCUT2D eigenvalue weighted by Gasteiger charge is 2.29. The van der Waals surface area contributed by atoms with Crippen LogP contribution in [0, 0.1) is 0 Å². The first-order valence-electron chi connectivity index (χ1n) is 7.67. The number of ether oxygens (including phenoxy) is 1. The highest BCUT2D eigenvalue weighted by molar-refractivity contribution is 7.86. The summed E-state index contributed by atoms with van der Waals surface area (Å²) in [5.74, 6) is -1.10. The third kappa shape index (κ3) is 5.58. The minimum atomic E-state index is -3.66. The number of benzene rings is 2. The number of rotatable bonds is 7. The summed E-state index contributed by atoms with van der Waals surface area (Å²) < 4.78 is 32.4. The second-order valence-corrected chi connectivity index (χ2v) is 7.29. The predicted molar refractivity (Wildman–Crippen MR) is 94.8 cm³/mol. The van der Waals surface area contributed by atoms with Crippen molar-refractivity contribution in [2.75, 3.05) is 13.4 Å². The van der Waals surface area contributed by atoms with E-state index in [4.69, 9.17) is 14.7 Å². The van der Waals surface area contributed by atoms with E-state index in [1.807, 2.05) is 30.3 Å². The fourth-order valence-electron chi connectivity index (χ4n) is 2.62. The minimum Gasteiger partial charge on any atom is -0.469 e. The van der Waals surface area contributed by atoms with Crippen LogP contribution in [0.4, 0.5) is 0 Å². The fraction of sp³-hybridized carbons (Fsp3) is 0.278. The van der Waals surface area contributed by atoms with Crippen LogP contribution < -0.4 is 9.92 Å². The zero-order chi connectivity index (χ0) is 18.4. The zero-order valence-electron chi connectivity index (χ0n) is 14.1. The van der Waals surface area contributed by atoms with Crippen molar-refractivity contribution in [1.82, 2.24) is 0 Å². The molecule has 0 heterocycles. The van der Waals surface area contributed by atoms with E-state index >= 15 is 0 Å². The summed E-state index contributed by atoms with van der Waals surface area (Å²) in [4.78, 5) is 12.3. The second-order valence-electron chi connectivity index (χ2n) is 5.71. The van der Waals surface area contributed by atoms with E-state index < -0.39 is 28.0 Å². The number of hydrogen-bond acceptors (Lipinski definition) is 6. The van der Waals surface area contributed by atoms with Crippen molar-refractivity contribution in [3.8, 4) is 5.75 Å². The molecule has 2 atom stereocenters. The number of carbonyl (C=O) groups excluding carboxylic acids is 1. The molecule has 2 unspecified atom stereocenters. The fourth-order valence-corrected chi connectivity index (χ4v) is 3.08. The molecule has 0 aromatic heterocycles. The van der Waals surface area contributed by atoms with E-state index in [1.165, 1.54) is 19.2 Å². The number of hydrogen-bond donors (Lipinski definition) is 1. The molecule has 0 saturated heterocycles. The molecular formula is C18H21NO5S. The van der Waals surface area contributed by atoms with E-state index in [1.54, 1.807) is 12.1 Å². The Morgan fingerprint density at radius 3 is 2.40 bits per heavy atom. The lowest BCUT2D eigenvalue weighted by molar-refractivity contribution is -0.143. The molecule has 0 aliphatic carbocycles. The average Bonchev–Trinajstić information content (AvgIpc) is 2.54. The molecule has 0 amide bonds. The molecule has 2 aromatic rings. The van der Waals surface area contributed by atoms with Gasteiger partial charge in [0, 0.05) is 6.04 Å². The van der Waals surface area contributed by atoms with Crippen LogP contribution >= 0.6 is 0 Å². The van der Waals surface area contributed by atoms with Crippen LogP contribution in [0.15, 0.2) is 54.6 Å². The first-order valence-corrected chi connectivity index (χ1v) is 9.48. The van der Waals surface area contributed by atoms with Gasteiger partial charge in [0.25, 0.3) is 0 Å². The van der Waals surface area contributed by atoms with Gasteiger partial charge in [-0.2, -0.15) is 8.42 Å². The highest BCUT2D eigenvalue weighted by atomic mass is 32.2. The van der Waals surface area contributed by atoms with Gasteiger partial charge in [-0.3, -0.25) is 4.79 Å². The monoisotopic (exact) mass is 363 g/mol. The summed E-state index contributed by atoms with van der Waals surface area (Å²) in [7, 11) is -2.37. The van der Waals surface area contributed by atoms with Crippen molar-refractivity contribution in [1.29, 1.82) is 0 Å². The molecule has 134 valence electrons. The Labute approximate surface area is 147 Å². The van der Waals surface area contributed by atoms with Crippen molar-refractivity contribution < 1.29 is 22.1 Å². The number of esters is 1. The number of carbonyl (C=O) groups is 1. The van der Waals surface area contributed by atoms with Gasteiger partial charge in [-0.25, -0.2) is 0 Å². The van der Waals surface area contributed by atoms with Crippen molar-refractivity contribution in [2.45, 2.75) is 18.4 Å². The largest absolute Gasteiger partial charge is 0.469 e. The van der Waals surface area contributed by atoms with E-state index in [9.17, 15) is 13.2 Å². The maximum atomic E-state index is 12.3. The molecule has 0 spiro atoms. The van der Waals surface area contributed by atoms with Gasteiger partial charge < -0.3 is 14.7 Å². The van der Waals surface area contributed by atoms with Crippen LogP contribution in [-0.2, 0) is 26.1 Å². The molecule has 0 saturated carbocycles. The zero-order valence-corrected chi connectivity index (χ0v) is 14.9. The van der Waals surface area contributed by atoms with E-state index in [2.05, 4.69) is 0 Å². The van der Waals surface area contributed by atoms with Gasteiger partial charge in [0.1, 0.15) is 5.75 Å². The van der Waals surface area contributed by atoms with E-state index in [0.29, 0.717) is 12.0 Å². The Balaban J connectivity index is 2.31. The van der Waals surface area contributed by atoms with Gasteiger partial charge in [0.05, 0.1) is 19.3 Å². The van der Waals surface area contributed by atoms with Crippen molar-refractivity contribution in [3.63, 3.8) is 0 Å². The SMILES string of the molecule is COC(=O)C(c1cccc(OS(C)(=O)=O)c1)C(N)Cc1ccccc1. The lowest BCUT2D eigenvalue weighted by Gasteiger charge is -2.22. The van der Waals surface area contributed by atoms with Crippen LogP contribution in [-0.4, -0.2) is 33.8 Å².